The van der Waals surface area contributed by atoms with Gasteiger partial charge in [-0.3, -0.25) is 0 Å². The molecule has 31 heavy (non-hydrogen) atoms. The smallest absolute Gasteiger partial charge is 0.194 e. The van der Waals surface area contributed by atoms with E-state index in [1.165, 1.54) is 5.56 Å². The van der Waals surface area contributed by atoms with Crippen LogP contribution in [0.3, 0.4) is 0 Å². The molecule has 0 amide bonds. The molecule has 0 radical (unpaired) electrons. The molecule has 1 fully saturated rings. The third kappa shape index (κ3) is 7.52. The number of pyridine rings is 1. The van der Waals surface area contributed by atoms with Gasteiger partial charge in [0.15, 0.2) is 5.96 Å². The van der Waals surface area contributed by atoms with Crippen molar-refractivity contribution < 1.29 is 9.47 Å². The number of aromatic nitrogens is 1. The number of anilines is 1. The number of nitrogens with zero attached hydrogens (tertiary/aromatic N) is 4. The van der Waals surface area contributed by atoms with Crippen LogP contribution in [0.5, 0.6) is 0 Å². The van der Waals surface area contributed by atoms with Crippen LogP contribution in [-0.2, 0) is 22.6 Å². The van der Waals surface area contributed by atoms with Crippen LogP contribution < -0.4 is 10.2 Å². The Hall–Kier alpha value is -2.64. The summed E-state index contributed by atoms with van der Waals surface area (Å²) in [6.07, 6.45) is 1.85. The first-order chi connectivity index (χ1) is 15.3. The molecule has 3 rings (SSSR count). The minimum absolute atomic E-state index is 0.597. The van der Waals surface area contributed by atoms with Gasteiger partial charge in [-0.15, -0.1) is 0 Å². The van der Waals surface area contributed by atoms with Crippen LogP contribution in [0, 0.1) is 0 Å². The lowest BCUT2D eigenvalue weighted by atomic mass is 10.1. The van der Waals surface area contributed by atoms with E-state index in [1.54, 1.807) is 0 Å². The van der Waals surface area contributed by atoms with Crippen molar-refractivity contribution in [3.05, 3.63) is 59.8 Å². The number of benzene rings is 1. The lowest BCUT2D eigenvalue weighted by Crippen LogP contribution is -2.52. The molecule has 1 aromatic heterocycles. The first kappa shape index (κ1) is 23.0. The van der Waals surface area contributed by atoms with E-state index in [9.17, 15) is 0 Å². The van der Waals surface area contributed by atoms with Crippen molar-refractivity contribution in [1.29, 1.82) is 0 Å². The summed E-state index contributed by atoms with van der Waals surface area (Å²) < 4.78 is 11.0. The van der Waals surface area contributed by atoms with Crippen LogP contribution >= 0.6 is 0 Å². The number of aliphatic imine (C=N–C) groups is 1. The van der Waals surface area contributed by atoms with Crippen molar-refractivity contribution in [3.8, 4) is 0 Å². The highest BCUT2D eigenvalue weighted by atomic mass is 16.5. The zero-order valence-electron chi connectivity index (χ0n) is 18.8. The fourth-order valence-corrected chi connectivity index (χ4v) is 3.55. The van der Waals surface area contributed by atoms with Gasteiger partial charge in [0.1, 0.15) is 5.82 Å². The third-order valence-corrected chi connectivity index (χ3v) is 5.14. The molecule has 2 heterocycles. The van der Waals surface area contributed by atoms with Gasteiger partial charge in [0, 0.05) is 45.5 Å². The third-order valence-electron chi connectivity index (χ3n) is 5.14. The molecular weight excluding hydrogens is 390 g/mol. The zero-order chi connectivity index (χ0) is 21.7. The van der Waals surface area contributed by atoms with Gasteiger partial charge < -0.3 is 24.6 Å². The number of ether oxygens (including phenoxy) is 2. The first-order valence-electron chi connectivity index (χ1n) is 11.2. The Morgan fingerprint density at radius 2 is 1.81 bits per heavy atom. The summed E-state index contributed by atoms with van der Waals surface area (Å²) in [5, 5.41) is 3.45. The molecule has 1 aromatic carbocycles. The van der Waals surface area contributed by atoms with Gasteiger partial charge in [0.05, 0.1) is 26.4 Å². The second-order valence-corrected chi connectivity index (χ2v) is 7.40. The van der Waals surface area contributed by atoms with E-state index in [2.05, 4.69) is 57.4 Å². The predicted molar refractivity (Wildman–Crippen MR) is 125 cm³/mol. The van der Waals surface area contributed by atoms with Crippen LogP contribution in [0.15, 0.2) is 53.7 Å². The monoisotopic (exact) mass is 425 g/mol. The Morgan fingerprint density at radius 3 is 2.55 bits per heavy atom. The average molecular weight is 426 g/mol. The van der Waals surface area contributed by atoms with Gasteiger partial charge in [-0.05, 0) is 37.1 Å². The molecule has 0 atom stereocenters. The van der Waals surface area contributed by atoms with Crippen molar-refractivity contribution in [3.63, 3.8) is 0 Å². The van der Waals surface area contributed by atoms with E-state index in [0.717, 1.165) is 56.7 Å². The molecule has 0 spiro atoms. The van der Waals surface area contributed by atoms with E-state index < -0.39 is 0 Å². The molecule has 0 aliphatic carbocycles. The van der Waals surface area contributed by atoms with E-state index in [-0.39, 0.29) is 0 Å². The second kappa shape index (κ2) is 12.9. The van der Waals surface area contributed by atoms with Gasteiger partial charge in [0.25, 0.3) is 0 Å². The van der Waals surface area contributed by atoms with Crippen molar-refractivity contribution >= 4 is 11.8 Å². The SMILES string of the molecule is CCNC(=NCc1cccc(COCCOCC)c1)N1CCN(c2ccccn2)CC1. The van der Waals surface area contributed by atoms with E-state index >= 15 is 0 Å². The minimum atomic E-state index is 0.597. The van der Waals surface area contributed by atoms with Crippen LogP contribution in [0.2, 0.25) is 0 Å². The maximum absolute atomic E-state index is 5.69. The van der Waals surface area contributed by atoms with Gasteiger partial charge in [0.2, 0.25) is 0 Å². The van der Waals surface area contributed by atoms with Crippen molar-refractivity contribution in [2.24, 2.45) is 4.99 Å². The summed E-state index contributed by atoms with van der Waals surface area (Å²) in [5.74, 6) is 2.02. The Morgan fingerprint density at radius 1 is 1.00 bits per heavy atom. The standard InChI is InChI=1S/C24H35N5O2/c1-3-25-24(29-14-12-28(13-15-29)23-10-5-6-11-26-23)27-19-21-8-7-9-22(18-21)20-31-17-16-30-4-2/h5-11,18H,3-4,12-17,19-20H2,1-2H3,(H,25,27). The van der Waals surface area contributed by atoms with E-state index in [4.69, 9.17) is 14.5 Å². The maximum atomic E-state index is 5.69. The molecule has 0 saturated carbocycles. The van der Waals surface area contributed by atoms with Crippen molar-refractivity contribution in [2.75, 3.05) is 57.4 Å². The molecule has 0 unspecified atom stereocenters. The maximum Gasteiger partial charge on any atom is 0.194 e. The number of piperazine rings is 1. The highest BCUT2D eigenvalue weighted by Crippen LogP contribution is 2.13. The van der Waals surface area contributed by atoms with Gasteiger partial charge in [-0.2, -0.15) is 0 Å². The Kier molecular flexibility index (Phi) is 9.60. The van der Waals surface area contributed by atoms with Crippen LogP contribution in [0.1, 0.15) is 25.0 Å². The molecular formula is C24H35N5O2. The lowest BCUT2D eigenvalue weighted by molar-refractivity contribution is 0.0453. The summed E-state index contributed by atoms with van der Waals surface area (Å²) in [5.41, 5.74) is 2.35. The highest BCUT2D eigenvalue weighted by Gasteiger charge is 2.20. The molecule has 1 N–H and O–H groups in total. The number of rotatable bonds is 10. The summed E-state index contributed by atoms with van der Waals surface area (Å²) >= 11 is 0. The van der Waals surface area contributed by atoms with Gasteiger partial charge in [-0.1, -0.05) is 30.3 Å². The largest absolute Gasteiger partial charge is 0.379 e. The van der Waals surface area contributed by atoms with E-state index in [1.807, 2.05) is 25.3 Å². The summed E-state index contributed by atoms with van der Waals surface area (Å²) in [6.45, 7) is 11.9. The molecule has 7 nitrogen and oxygen atoms in total. The minimum Gasteiger partial charge on any atom is -0.379 e. The van der Waals surface area contributed by atoms with Gasteiger partial charge in [-0.25, -0.2) is 9.98 Å². The first-order valence-corrected chi connectivity index (χ1v) is 11.2. The molecule has 7 heteroatoms. The van der Waals surface area contributed by atoms with Gasteiger partial charge >= 0.3 is 0 Å². The quantitative estimate of drug-likeness (QED) is 0.359. The number of hydrogen-bond donors (Lipinski definition) is 1. The second-order valence-electron chi connectivity index (χ2n) is 7.40. The molecule has 168 valence electrons. The van der Waals surface area contributed by atoms with E-state index in [0.29, 0.717) is 26.4 Å². The number of nitrogens with one attached hydrogen (secondary N) is 1. The highest BCUT2D eigenvalue weighted by molar-refractivity contribution is 5.80. The predicted octanol–water partition coefficient (Wildman–Crippen LogP) is 2.92. The fraction of sp³-hybridized carbons (Fsp3) is 0.500. The van der Waals surface area contributed by atoms with Crippen molar-refractivity contribution in [1.82, 2.24) is 15.2 Å². The average Bonchev–Trinajstić information content (AvgIpc) is 2.83. The molecule has 2 aromatic rings. The number of hydrogen-bond acceptors (Lipinski definition) is 5. The van der Waals surface area contributed by atoms with Crippen molar-refractivity contribution in [2.45, 2.75) is 27.0 Å². The normalized spacial score (nSPS) is 14.7. The summed E-state index contributed by atoms with van der Waals surface area (Å²) in [6, 6.07) is 14.5. The molecule has 1 aliphatic rings. The molecule has 0 bridgehead atoms. The molecule has 1 saturated heterocycles. The topological polar surface area (TPSA) is 62.2 Å². The lowest BCUT2D eigenvalue weighted by Gasteiger charge is -2.37. The molecule has 1 aliphatic heterocycles. The van der Waals surface area contributed by atoms with Crippen LogP contribution in [0.25, 0.3) is 0 Å². The summed E-state index contributed by atoms with van der Waals surface area (Å²) in [7, 11) is 0. The number of guanidine groups is 1. The Labute approximate surface area is 186 Å². The zero-order valence-corrected chi connectivity index (χ0v) is 18.8. The summed E-state index contributed by atoms with van der Waals surface area (Å²) in [4.78, 5) is 14.0. The van der Waals surface area contributed by atoms with Crippen LogP contribution in [0.4, 0.5) is 5.82 Å². The van der Waals surface area contributed by atoms with Crippen LogP contribution in [-0.4, -0.2) is 68.4 Å². The Balaban J connectivity index is 1.53. The Bertz CT molecular complexity index is 792. The fourth-order valence-electron chi connectivity index (χ4n) is 3.55.